The first-order chi connectivity index (χ1) is 11.7. The van der Waals surface area contributed by atoms with E-state index < -0.39 is 22.0 Å². The highest BCUT2D eigenvalue weighted by atomic mass is 32.2. The van der Waals surface area contributed by atoms with Crippen LogP contribution in [-0.4, -0.2) is 25.4 Å². The van der Waals surface area contributed by atoms with Crippen molar-refractivity contribution in [1.82, 2.24) is 9.71 Å². The summed E-state index contributed by atoms with van der Waals surface area (Å²) in [7, 11) is -3.81. The van der Waals surface area contributed by atoms with E-state index in [2.05, 4.69) is 15.0 Å². The molecule has 134 valence electrons. The lowest BCUT2D eigenvalue weighted by Crippen LogP contribution is -2.47. The summed E-state index contributed by atoms with van der Waals surface area (Å²) in [5, 5.41) is 2.64. The molecule has 0 aliphatic rings. The maximum Gasteiger partial charge on any atom is 0.243 e. The Hall–Kier alpha value is -2.25. The van der Waals surface area contributed by atoms with Gasteiger partial charge >= 0.3 is 0 Å². The van der Waals surface area contributed by atoms with Crippen LogP contribution in [0.25, 0.3) is 0 Å². The number of benzene rings is 1. The van der Waals surface area contributed by atoms with Crippen molar-refractivity contribution in [3.8, 4) is 0 Å². The molecule has 1 aromatic heterocycles. The molecular weight excluding hydrogens is 338 g/mol. The normalized spacial score (nSPS) is 12.8. The van der Waals surface area contributed by atoms with E-state index in [1.54, 1.807) is 56.4 Å². The predicted octanol–water partition coefficient (Wildman–Crippen LogP) is 2.64. The van der Waals surface area contributed by atoms with Crippen molar-refractivity contribution < 1.29 is 13.2 Å². The molecule has 1 atom stereocenters. The number of nitrogens with one attached hydrogen (secondary N) is 2. The van der Waals surface area contributed by atoms with E-state index in [-0.39, 0.29) is 10.8 Å². The molecule has 0 radical (unpaired) electrons. The number of carbonyl (C=O) groups excluding carboxylic acids is 1. The van der Waals surface area contributed by atoms with Crippen LogP contribution in [-0.2, 0) is 14.8 Å². The largest absolute Gasteiger partial charge is 0.309 e. The number of aryl methyl sites for hydroxylation is 2. The smallest absolute Gasteiger partial charge is 0.243 e. The highest BCUT2D eigenvalue weighted by Gasteiger charge is 2.28. The van der Waals surface area contributed by atoms with E-state index in [4.69, 9.17) is 0 Å². The standard InChI is InChI=1S/C18H23N3O3S/c1-12(2)17(18(22)20-16-7-5-6-10-19-16)21-25(23,24)15-9-8-13(3)14(4)11-15/h5-12,17,21H,1-4H3,(H,19,20,22). The van der Waals surface area contributed by atoms with E-state index in [1.165, 1.54) is 0 Å². The van der Waals surface area contributed by atoms with E-state index in [1.807, 2.05) is 13.8 Å². The molecule has 1 aromatic carbocycles. The fraction of sp³-hybridized carbons (Fsp3) is 0.333. The van der Waals surface area contributed by atoms with Crippen LogP contribution in [0, 0.1) is 19.8 Å². The first-order valence-electron chi connectivity index (χ1n) is 8.02. The highest BCUT2D eigenvalue weighted by molar-refractivity contribution is 7.89. The zero-order valence-corrected chi connectivity index (χ0v) is 15.6. The maximum absolute atomic E-state index is 12.7. The number of hydrogen-bond donors (Lipinski definition) is 2. The molecule has 0 saturated carbocycles. The molecule has 1 heterocycles. The van der Waals surface area contributed by atoms with Crippen LogP contribution < -0.4 is 10.0 Å². The number of nitrogens with zero attached hydrogens (tertiary/aromatic N) is 1. The molecule has 0 aliphatic carbocycles. The van der Waals surface area contributed by atoms with E-state index in [9.17, 15) is 13.2 Å². The van der Waals surface area contributed by atoms with Crippen LogP contribution in [0.4, 0.5) is 5.82 Å². The van der Waals surface area contributed by atoms with Gasteiger partial charge in [0.15, 0.2) is 0 Å². The van der Waals surface area contributed by atoms with Crippen LogP contribution in [0.1, 0.15) is 25.0 Å². The summed E-state index contributed by atoms with van der Waals surface area (Å²) in [6.07, 6.45) is 1.55. The van der Waals surface area contributed by atoms with Crippen molar-refractivity contribution in [2.75, 3.05) is 5.32 Å². The van der Waals surface area contributed by atoms with Gasteiger partial charge in [-0.1, -0.05) is 26.0 Å². The second kappa shape index (κ2) is 7.76. The molecule has 0 bridgehead atoms. The Balaban J connectivity index is 2.22. The number of pyridine rings is 1. The molecule has 2 N–H and O–H groups in total. The third kappa shape index (κ3) is 4.87. The second-order valence-electron chi connectivity index (χ2n) is 6.29. The molecule has 25 heavy (non-hydrogen) atoms. The van der Waals surface area contributed by atoms with Crippen molar-refractivity contribution in [2.45, 2.75) is 38.6 Å². The molecule has 7 heteroatoms. The zero-order valence-electron chi connectivity index (χ0n) is 14.8. The summed E-state index contributed by atoms with van der Waals surface area (Å²) < 4.78 is 27.8. The van der Waals surface area contributed by atoms with Crippen LogP contribution >= 0.6 is 0 Å². The molecule has 2 aromatic rings. The summed E-state index contributed by atoms with van der Waals surface area (Å²) in [6.45, 7) is 7.33. The van der Waals surface area contributed by atoms with Gasteiger partial charge in [-0.2, -0.15) is 4.72 Å². The molecule has 0 spiro atoms. The number of anilines is 1. The summed E-state index contributed by atoms with van der Waals surface area (Å²) in [6, 6.07) is 9.11. The number of aromatic nitrogens is 1. The zero-order chi connectivity index (χ0) is 18.6. The lowest BCUT2D eigenvalue weighted by molar-refractivity contribution is -0.118. The number of rotatable bonds is 6. The van der Waals surface area contributed by atoms with Crippen molar-refractivity contribution in [2.24, 2.45) is 5.92 Å². The molecular formula is C18H23N3O3S. The summed E-state index contributed by atoms with van der Waals surface area (Å²) in [5.74, 6) is -0.297. The minimum atomic E-state index is -3.81. The molecule has 6 nitrogen and oxygen atoms in total. The fourth-order valence-electron chi connectivity index (χ4n) is 2.25. The first kappa shape index (κ1) is 19.1. The van der Waals surface area contributed by atoms with Gasteiger partial charge in [-0.05, 0) is 55.2 Å². The number of sulfonamides is 1. The monoisotopic (exact) mass is 361 g/mol. The quantitative estimate of drug-likeness (QED) is 0.828. The Bertz CT molecular complexity index is 849. The Morgan fingerprint density at radius 3 is 2.36 bits per heavy atom. The Labute approximate surface area is 148 Å². The topological polar surface area (TPSA) is 88.2 Å². The van der Waals surface area contributed by atoms with E-state index in [0.29, 0.717) is 5.82 Å². The lowest BCUT2D eigenvalue weighted by Gasteiger charge is -2.21. The first-order valence-corrected chi connectivity index (χ1v) is 9.50. The van der Waals surface area contributed by atoms with Crippen LogP contribution in [0.2, 0.25) is 0 Å². The predicted molar refractivity (Wildman–Crippen MR) is 97.7 cm³/mol. The van der Waals surface area contributed by atoms with Gasteiger partial charge in [0.05, 0.1) is 4.90 Å². The van der Waals surface area contributed by atoms with Gasteiger partial charge in [0.25, 0.3) is 0 Å². The van der Waals surface area contributed by atoms with Gasteiger partial charge in [0, 0.05) is 6.20 Å². The minimum Gasteiger partial charge on any atom is -0.309 e. The van der Waals surface area contributed by atoms with Crippen molar-refractivity contribution in [1.29, 1.82) is 0 Å². The van der Waals surface area contributed by atoms with Crippen LogP contribution in [0.3, 0.4) is 0 Å². The Morgan fingerprint density at radius 2 is 1.80 bits per heavy atom. The minimum absolute atomic E-state index is 0.145. The van der Waals surface area contributed by atoms with E-state index >= 15 is 0 Å². The van der Waals surface area contributed by atoms with Gasteiger partial charge in [-0.3, -0.25) is 4.79 Å². The summed E-state index contributed by atoms with van der Waals surface area (Å²) >= 11 is 0. The number of hydrogen-bond acceptors (Lipinski definition) is 4. The van der Waals surface area contributed by atoms with Gasteiger partial charge in [0.1, 0.15) is 11.9 Å². The molecule has 2 rings (SSSR count). The SMILES string of the molecule is Cc1ccc(S(=O)(=O)NC(C(=O)Nc2ccccn2)C(C)C)cc1C. The molecule has 1 amide bonds. The third-order valence-electron chi connectivity index (χ3n) is 3.94. The average Bonchev–Trinajstić information content (AvgIpc) is 2.55. The molecule has 0 aliphatic heterocycles. The van der Waals surface area contributed by atoms with E-state index in [0.717, 1.165) is 11.1 Å². The highest BCUT2D eigenvalue weighted by Crippen LogP contribution is 2.17. The number of amides is 1. The second-order valence-corrected chi connectivity index (χ2v) is 8.01. The van der Waals surface area contributed by atoms with Gasteiger partial charge in [-0.15, -0.1) is 0 Å². The summed E-state index contributed by atoms with van der Waals surface area (Å²) in [4.78, 5) is 16.7. The number of carbonyl (C=O) groups is 1. The fourth-order valence-corrected chi connectivity index (χ4v) is 3.68. The van der Waals surface area contributed by atoms with Gasteiger partial charge in [0.2, 0.25) is 15.9 Å². The van der Waals surface area contributed by atoms with Gasteiger partial charge < -0.3 is 5.32 Å². The van der Waals surface area contributed by atoms with Crippen molar-refractivity contribution in [3.05, 3.63) is 53.7 Å². The van der Waals surface area contributed by atoms with Crippen LogP contribution in [0.5, 0.6) is 0 Å². The van der Waals surface area contributed by atoms with Gasteiger partial charge in [-0.25, -0.2) is 13.4 Å². The Morgan fingerprint density at radius 1 is 1.08 bits per heavy atom. The average molecular weight is 361 g/mol. The lowest BCUT2D eigenvalue weighted by atomic mass is 10.1. The molecule has 0 saturated heterocycles. The van der Waals surface area contributed by atoms with Crippen LogP contribution in [0.15, 0.2) is 47.5 Å². The van der Waals surface area contributed by atoms with Crippen molar-refractivity contribution >= 4 is 21.7 Å². The third-order valence-corrected chi connectivity index (χ3v) is 5.37. The molecule has 1 unspecified atom stereocenters. The maximum atomic E-state index is 12.7. The van der Waals surface area contributed by atoms with Crippen molar-refractivity contribution in [3.63, 3.8) is 0 Å². The molecule has 0 fully saturated rings. The summed E-state index contributed by atoms with van der Waals surface area (Å²) in [5.41, 5.74) is 1.88. The Kier molecular flexibility index (Phi) is 5.92.